The average Bonchev–Trinajstić information content (AvgIpc) is 0.730. The van der Waals surface area contributed by atoms with Gasteiger partial charge in [0.25, 0.3) is 0 Å². The van der Waals surface area contributed by atoms with Crippen LogP contribution in [0, 0.1) is 0 Å². The summed E-state index contributed by atoms with van der Waals surface area (Å²) in [6.45, 7) is 24.3. The van der Waals surface area contributed by atoms with Crippen molar-refractivity contribution in [3.63, 3.8) is 0 Å². The van der Waals surface area contributed by atoms with Crippen molar-refractivity contribution in [2.24, 2.45) is 0 Å². The summed E-state index contributed by atoms with van der Waals surface area (Å²) in [7, 11) is -5.04. The number of phenols is 2. The van der Waals surface area contributed by atoms with Crippen LogP contribution in [-0.4, -0.2) is 16.3 Å². The third-order valence-corrected chi connectivity index (χ3v) is 22.8. The van der Waals surface area contributed by atoms with Crippen LogP contribution in [0.25, 0.3) is 0 Å². The van der Waals surface area contributed by atoms with Gasteiger partial charge in [0.2, 0.25) is 0 Å². The number of unbranched alkanes of at least 4 members (excludes halogenated alkanes) is 24. The van der Waals surface area contributed by atoms with Gasteiger partial charge in [-0.15, -0.1) is 0 Å². The van der Waals surface area contributed by atoms with Crippen molar-refractivity contribution >= 4 is 17.9 Å². The Balaban J connectivity index is 1.60. The van der Waals surface area contributed by atoms with Gasteiger partial charge in [0.1, 0.15) is 0 Å². The summed E-state index contributed by atoms with van der Waals surface area (Å²) in [5.41, 5.74) is 8.14. The van der Waals surface area contributed by atoms with Crippen molar-refractivity contribution in [3.05, 3.63) is 178 Å². The van der Waals surface area contributed by atoms with Crippen LogP contribution in [0.4, 0.5) is 0 Å². The average molecular weight is 1230 g/mol. The molecule has 0 aliphatic heterocycles. The van der Waals surface area contributed by atoms with E-state index >= 15 is 0 Å². The van der Waals surface area contributed by atoms with Crippen LogP contribution in [0.5, 0.6) is 23.0 Å². The zero-order valence-electron chi connectivity index (χ0n) is 58.1. The van der Waals surface area contributed by atoms with Gasteiger partial charge in [0.05, 0.1) is 0 Å². The molecule has 0 aliphatic carbocycles. The molecule has 6 rings (SSSR count). The fraction of sp³-hybridized carbons (Fsp3) is 0.566. The van der Waals surface area contributed by atoms with E-state index in [1.807, 2.05) is 12.1 Å². The minimum atomic E-state index is -5.04. The predicted octanol–water partition coefficient (Wildman–Crippen LogP) is 24.5. The molecule has 0 spiro atoms. The molecule has 2 N–H and O–H groups in total. The molecule has 6 aromatic carbocycles. The van der Waals surface area contributed by atoms with Gasteiger partial charge in [-0.25, -0.2) is 0 Å². The van der Waals surface area contributed by atoms with Crippen molar-refractivity contribution in [3.8, 4) is 23.0 Å². The number of hydrogen-bond acceptors (Lipinski definition) is 5. The van der Waals surface area contributed by atoms with E-state index in [0.29, 0.717) is 11.5 Å². The molecule has 0 radical (unpaired) electrons. The Labute approximate surface area is 544 Å². The number of phenolic OH excluding ortho intramolecular Hbond substituents is 2. The van der Waals surface area contributed by atoms with Crippen LogP contribution < -0.4 is 19.7 Å². The molecule has 0 amide bonds. The topological polar surface area (TPSA) is 68.2 Å². The molecular weight excluding hydrogens is 1110 g/mol. The number of benzene rings is 6. The molecule has 0 bridgehead atoms. The first-order valence-corrected chi connectivity index (χ1v) is 38.1. The number of aromatic hydroxyl groups is 2. The number of rotatable bonds is 43. The van der Waals surface area contributed by atoms with Crippen molar-refractivity contribution in [2.75, 3.05) is 0 Å². The predicted molar refractivity (Wildman–Crippen MR) is 386 cm³/mol. The summed E-state index contributed by atoms with van der Waals surface area (Å²) in [5, 5.41) is 24.9. The molecule has 89 heavy (non-hydrogen) atoms. The first-order valence-electron chi connectivity index (χ1n) is 36.1. The zero-order valence-corrected chi connectivity index (χ0v) is 58.9. The van der Waals surface area contributed by atoms with Gasteiger partial charge < -0.3 is 0 Å². The van der Waals surface area contributed by atoms with Crippen LogP contribution in [0.15, 0.2) is 133 Å². The molecule has 0 saturated carbocycles. The SMILES string of the molecule is CCCCCCCCCc1ccc(OP(Oc2ccc(CCCCCCCCC)cc2)(OC(C)C(c2ccc(O)c(C(C)(C)C)c2)c2ccc(O)c(C(C)(C)C)c2)(c2ccc(CCCCCCCCC)cc2)c2ccc(CCCCCCCCC)cc2)cc1. The molecule has 1 atom stereocenters. The molecular formula is C83H123O5P. The Bertz CT molecular complexity index is 2700. The third kappa shape index (κ3) is 22.6. The van der Waals surface area contributed by atoms with E-state index in [1.165, 1.54) is 176 Å². The van der Waals surface area contributed by atoms with Gasteiger partial charge in [-0.1, -0.05) is 40.5 Å². The van der Waals surface area contributed by atoms with E-state index in [4.69, 9.17) is 13.6 Å². The second-order valence-corrected chi connectivity index (χ2v) is 31.9. The van der Waals surface area contributed by atoms with Crippen molar-refractivity contribution in [1.29, 1.82) is 0 Å². The standard InChI is InChI=1S/C83H123O5P/c1-12-16-20-24-28-32-36-40-67-44-54-73(55-45-67)87-89(75-58-48-69(49-59-75)42-38-34-30-26-22-18-14-3,76-60-50-70(51-61-76)43-39-35-31-27-23-19-15-4,88-74-56-46-68(47-57-74)41-37-33-29-25-21-17-13-2)86-66(5)81(71-52-62-79(84)77(64-71)82(6,7)8)72-53-63-80(85)78(65-72)83(9,10)11/h44-66,81,84-85H,12-43H2,1-11H3. The summed E-state index contributed by atoms with van der Waals surface area (Å²) >= 11 is 0. The normalized spacial score (nSPS) is 13.0. The maximum atomic E-state index is 11.6. The monoisotopic (exact) mass is 1230 g/mol. The summed E-state index contributed by atoms with van der Waals surface area (Å²) in [6, 6.07) is 48.1. The molecule has 0 fully saturated rings. The summed E-state index contributed by atoms with van der Waals surface area (Å²) in [4.78, 5) is 0. The number of aryl methyl sites for hydroxylation is 4. The molecule has 1 unspecified atom stereocenters. The summed E-state index contributed by atoms with van der Waals surface area (Å²) in [6.07, 6.45) is 38.8. The van der Waals surface area contributed by atoms with Crippen LogP contribution in [0.3, 0.4) is 0 Å². The second kappa shape index (κ2) is 37.4. The van der Waals surface area contributed by atoms with E-state index in [-0.39, 0.29) is 22.3 Å². The first-order chi connectivity index (χ1) is 42.9. The molecule has 5 nitrogen and oxygen atoms in total. The Kier molecular flexibility index (Phi) is 30.7. The van der Waals surface area contributed by atoms with Crippen LogP contribution in [-0.2, 0) is 41.0 Å². The van der Waals surface area contributed by atoms with Crippen LogP contribution in [0.2, 0.25) is 0 Å². The number of hydrogen-bond donors (Lipinski definition) is 2. The zero-order chi connectivity index (χ0) is 64.0. The van der Waals surface area contributed by atoms with E-state index in [1.54, 1.807) is 0 Å². The fourth-order valence-corrected chi connectivity index (χ4v) is 17.3. The van der Waals surface area contributed by atoms with Gasteiger partial charge in [-0.2, -0.15) is 0 Å². The quantitative estimate of drug-likeness (QED) is 0.0295. The molecule has 490 valence electrons. The van der Waals surface area contributed by atoms with Crippen molar-refractivity contribution in [1.82, 2.24) is 0 Å². The maximum absolute atomic E-state index is 11.6. The Morgan fingerprint density at radius 2 is 0.596 bits per heavy atom. The van der Waals surface area contributed by atoms with Crippen molar-refractivity contribution in [2.45, 2.75) is 304 Å². The Morgan fingerprint density at radius 3 is 0.865 bits per heavy atom. The van der Waals surface area contributed by atoms with Gasteiger partial charge >= 0.3 is 507 Å². The van der Waals surface area contributed by atoms with E-state index in [0.717, 1.165) is 84.2 Å². The molecule has 6 heteroatoms. The third-order valence-electron chi connectivity index (χ3n) is 18.6. The van der Waals surface area contributed by atoms with Gasteiger partial charge in [0, 0.05) is 0 Å². The van der Waals surface area contributed by atoms with E-state index < -0.39 is 19.3 Å². The minimum absolute atomic E-state index is 0.264. The molecule has 6 aromatic rings. The van der Waals surface area contributed by atoms with E-state index in [2.05, 4.69) is 197 Å². The van der Waals surface area contributed by atoms with E-state index in [9.17, 15) is 10.2 Å². The second-order valence-electron chi connectivity index (χ2n) is 28.5. The fourth-order valence-electron chi connectivity index (χ4n) is 13.1. The summed E-state index contributed by atoms with van der Waals surface area (Å²) < 4.78 is 24.9. The molecule has 0 aliphatic rings. The van der Waals surface area contributed by atoms with Gasteiger partial charge in [-0.3, -0.25) is 0 Å². The molecule has 0 heterocycles. The van der Waals surface area contributed by atoms with Crippen LogP contribution >= 0.6 is 7.28 Å². The Morgan fingerprint density at radius 1 is 0.337 bits per heavy atom. The van der Waals surface area contributed by atoms with Crippen LogP contribution in [0.1, 0.15) is 306 Å². The van der Waals surface area contributed by atoms with Crippen molar-refractivity contribution < 1.29 is 23.8 Å². The molecule has 0 aromatic heterocycles. The Hall–Kier alpha value is -5.09. The summed E-state index contributed by atoms with van der Waals surface area (Å²) in [5.74, 6) is 1.47. The van der Waals surface area contributed by atoms with Gasteiger partial charge in [0.15, 0.2) is 0 Å². The first kappa shape index (κ1) is 73.0. The molecule has 0 saturated heterocycles. The van der Waals surface area contributed by atoms with Gasteiger partial charge in [-0.05, 0) is 0 Å².